The summed E-state index contributed by atoms with van der Waals surface area (Å²) in [6.07, 6.45) is -4.10. The summed E-state index contributed by atoms with van der Waals surface area (Å²) in [7, 11) is 0. The van der Waals surface area contributed by atoms with Crippen molar-refractivity contribution in [2.24, 2.45) is 0 Å². The van der Waals surface area contributed by atoms with Gasteiger partial charge in [0.05, 0.1) is 5.56 Å². The lowest BCUT2D eigenvalue weighted by atomic mass is 10.3. The van der Waals surface area contributed by atoms with Crippen molar-refractivity contribution in [2.75, 3.05) is 11.4 Å². The molecule has 0 spiro atoms. The third-order valence-electron chi connectivity index (χ3n) is 2.08. The Morgan fingerprint density at radius 3 is 2.33 bits per heavy atom. The van der Waals surface area contributed by atoms with Gasteiger partial charge in [0.1, 0.15) is 5.82 Å². The third kappa shape index (κ3) is 2.96. The van der Waals surface area contributed by atoms with E-state index >= 15 is 0 Å². The number of alkyl halides is 3. The Labute approximate surface area is 99.8 Å². The van der Waals surface area contributed by atoms with Crippen molar-refractivity contribution in [3.05, 3.63) is 23.9 Å². The molecule has 1 heterocycles. The van der Waals surface area contributed by atoms with E-state index < -0.39 is 18.1 Å². The minimum atomic E-state index is -5.00. The number of hydrogen-bond donors (Lipinski definition) is 1. The van der Waals surface area contributed by atoms with Crippen LogP contribution in [0.5, 0.6) is 0 Å². The summed E-state index contributed by atoms with van der Waals surface area (Å²) in [6, 6.07) is 2.13. The number of pyridine rings is 1. The van der Waals surface area contributed by atoms with E-state index in [2.05, 4.69) is 4.98 Å². The van der Waals surface area contributed by atoms with Crippen LogP contribution in [0.1, 0.15) is 17.3 Å². The number of carboxylic acid groups (broad SMARTS) is 1. The summed E-state index contributed by atoms with van der Waals surface area (Å²) in [4.78, 5) is 25.6. The van der Waals surface area contributed by atoms with Gasteiger partial charge in [0.25, 0.3) is 0 Å². The smallest absolute Gasteiger partial charge is 0.471 e. The highest BCUT2D eigenvalue weighted by atomic mass is 19.4. The SMILES string of the molecule is CCN(C(=O)C(F)(F)F)c1ccc(C(=O)O)cn1. The molecule has 0 aromatic carbocycles. The van der Waals surface area contributed by atoms with Gasteiger partial charge in [0.2, 0.25) is 0 Å². The monoisotopic (exact) mass is 262 g/mol. The van der Waals surface area contributed by atoms with Gasteiger partial charge in [-0.1, -0.05) is 0 Å². The van der Waals surface area contributed by atoms with Crippen molar-refractivity contribution in [3.8, 4) is 0 Å². The van der Waals surface area contributed by atoms with Gasteiger partial charge >= 0.3 is 18.1 Å². The minimum Gasteiger partial charge on any atom is -0.478 e. The molecule has 0 saturated carbocycles. The first-order chi connectivity index (χ1) is 8.27. The normalized spacial score (nSPS) is 11.1. The molecular formula is C10H9F3N2O3. The van der Waals surface area contributed by atoms with E-state index in [-0.39, 0.29) is 17.9 Å². The molecule has 1 amide bonds. The molecule has 0 aliphatic heterocycles. The molecule has 0 aliphatic rings. The lowest BCUT2D eigenvalue weighted by Gasteiger charge is -2.20. The number of aromatic carboxylic acids is 1. The first-order valence-electron chi connectivity index (χ1n) is 4.85. The zero-order valence-corrected chi connectivity index (χ0v) is 9.23. The van der Waals surface area contributed by atoms with Crippen LogP contribution in [-0.2, 0) is 4.79 Å². The average Bonchev–Trinajstić information content (AvgIpc) is 2.29. The molecule has 0 saturated heterocycles. The maximum Gasteiger partial charge on any atom is 0.471 e. The van der Waals surface area contributed by atoms with E-state index in [0.29, 0.717) is 4.90 Å². The molecule has 1 aromatic rings. The zero-order valence-electron chi connectivity index (χ0n) is 9.23. The lowest BCUT2D eigenvalue weighted by Crippen LogP contribution is -2.41. The fraction of sp³-hybridized carbons (Fsp3) is 0.300. The fourth-order valence-electron chi connectivity index (χ4n) is 1.23. The van der Waals surface area contributed by atoms with Crippen LogP contribution in [0.2, 0.25) is 0 Å². The first kappa shape index (κ1) is 13.9. The van der Waals surface area contributed by atoms with E-state index in [1.165, 1.54) is 6.92 Å². The summed E-state index contributed by atoms with van der Waals surface area (Å²) in [5.41, 5.74) is -0.172. The number of rotatable bonds is 3. The maximum atomic E-state index is 12.3. The summed E-state index contributed by atoms with van der Waals surface area (Å²) >= 11 is 0. The average molecular weight is 262 g/mol. The predicted octanol–water partition coefficient (Wildman–Crippen LogP) is 1.70. The topological polar surface area (TPSA) is 70.5 Å². The van der Waals surface area contributed by atoms with Crippen LogP contribution in [0, 0.1) is 0 Å². The zero-order chi connectivity index (χ0) is 13.9. The second kappa shape index (κ2) is 5.03. The Morgan fingerprint density at radius 2 is 2.00 bits per heavy atom. The molecule has 18 heavy (non-hydrogen) atoms. The Bertz CT molecular complexity index is 456. The summed E-state index contributed by atoms with van der Waals surface area (Å²) in [6.45, 7) is 1.13. The Kier molecular flexibility index (Phi) is 3.89. The molecule has 0 unspecified atom stereocenters. The Balaban J connectivity index is 3.03. The summed E-state index contributed by atoms with van der Waals surface area (Å²) < 4.78 is 36.8. The molecule has 1 N–H and O–H groups in total. The van der Waals surface area contributed by atoms with E-state index in [4.69, 9.17) is 5.11 Å². The molecule has 5 nitrogen and oxygen atoms in total. The highest BCUT2D eigenvalue weighted by Gasteiger charge is 2.42. The number of aromatic nitrogens is 1. The van der Waals surface area contributed by atoms with Crippen LogP contribution in [0.15, 0.2) is 18.3 Å². The molecule has 0 aliphatic carbocycles. The third-order valence-corrected chi connectivity index (χ3v) is 2.08. The van der Waals surface area contributed by atoms with Gasteiger partial charge in [-0.2, -0.15) is 13.2 Å². The van der Waals surface area contributed by atoms with Crippen molar-refractivity contribution >= 4 is 17.7 Å². The standard InChI is InChI=1S/C10H9F3N2O3/c1-2-15(9(18)10(11,12)13)7-4-3-6(5-14-7)8(16)17/h3-5H,2H2,1H3,(H,16,17). The van der Waals surface area contributed by atoms with E-state index in [9.17, 15) is 22.8 Å². The second-order valence-electron chi connectivity index (χ2n) is 3.26. The van der Waals surface area contributed by atoms with Gasteiger partial charge in [-0.25, -0.2) is 9.78 Å². The van der Waals surface area contributed by atoms with E-state index in [0.717, 1.165) is 18.3 Å². The van der Waals surface area contributed by atoms with E-state index in [1.807, 2.05) is 0 Å². The largest absolute Gasteiger partial charge is 0.478 e. The van der Waals surface area contributed by atoms with Crippen molar-refractivity contribution in [1.82, 2.24) is 4.98 Å². The van der Waals surface area contributed by atoms with Gasteiger partial charge in [0.15, 0.2) is 0 Å². The van der Waals surface area contributed by atoms with Gasteiger partial charge in [0, 0.05) is 12.7 Å². The van der Waals surface area contributed by atoms with Gasteiger partial charge in [-0.3, -0.25) is 9.69 Å². The van der Waals surface area contributed by atoms with Gasteiger partial charge in [-0.05, 0) is 19.1 Å². The summed E-state index contributed by atoms with van der Waals surface area (Å²) in [5.74, 6) is -3.54. The number of carboxylic acids is 1. The molecule has 0 bridgehead atoms. The molecule has 98 valence electrons. The quantitative estimate of drug-likeness (QED) is 0.899. The highest BCUT2D eigenvalue weighted by Crippen LogP contribution is 2.22. The highest BCUT2D eigenvalue weighted by molar-refractivity contribution is 5.96. The molecule has 1 aromatic heterocycles. The lowest BCUT2D eigenvalue weighted by molar-refractivity contribution is -0.170. The number of amides is 1. The molecule has 0 fully saturated rings. The van der Waals surface area contributed by atoms with Crippen LogP contribution in [0.3, 0.4) is 0 Å². The van der Waals surface area contributed by atoms with Crippen molar-refractivity contribution < 1.29 is 27.9 Å². The first-order valence-corrected chi connectivity index (χ1v) is 4.85. The maximum absolute atomic E-state index is 12.3. The number of anilines is 1. The molecule has 8 heteroatoms. The molecule has 0 atom stereocenters. The molecule has 0 radical (unpaired) electrons. The molecule has 1 rings (SSSR count). The van der Waals surface area contributed by atoms with Crippen LogP contribution >= 0.6 is 0 Å². The van der Waals surface area contributed by atoms with E-state index in [1.54, 1.807) is 0 Å². The van der Waals surface area contributed by atoms with Crippen molar-refractivity contribution in [1.29, 1.82) is 0 Å². The predicted molar refractivity (Wildman–Crippen MR) is 55.3 cm³/mol. The number of nitrogens with zero attached hydrogens (tertiary/aromatic N) is 2. The van der Waals surface area contributed by atoms with Crippen LogP contribution < -0.4 is 4.90 Å². The number of carbonyl (C=O) groups excluding carboxylic acids is 1. The van der Waals surface area contributed by atoms with Gasteiger partial charge in [-0.15, -0.1) is 0 Å². The van der Waals surface area contributed by atoms with Crippen molar-refractivity contribution in [3.63, 3.8) is 0 Å². The number of hydrogen-bond acceptors (Lipinski definition) is 3. The number of carbonyl (C=O) groups is 2. The Morgan fingerprint density at radius 1 is 1.39 bits per heavy atom. The number of halogens is 3. The minimum absolute atomic E-state index is 0.172. The van der Waals surface area contributed by atoms with Gasteiger partial charge < -0.3 is 5.11 Å². The second-order valence-corrected chi connectivity index (χ2v) is 3.26. The Hall–Kier alpha value is -2.12. The van der Waals surface area contributed by atoms with Crippen LogP contribution in [0.25, 0.3) is 0 Å². The van der Waals surface area contributed by atoms with Crippen molar-refractivity contribution in [2.45, 2.75) is 13.1 Å². The van der Waals surface area contributed by atoms with Crippen LogP contribution in [0.4, 0.5) is 19.0 Å². The summed E-state index contributed by atoms with van der Waals surface area (Å²) in [5, 5.41) is 8.61. The fourth-order valence-corrected chi connectivity index (χ4v) is 1.23. The van der Waals surface area contributed by atoms with Crippen LogP contribution in [-0.4, -0.2) is 34.7 Å². The molecular weight excluding hydrogens is 253 g/mol.